The summed E-state index contributed by atoms with van der Waals surface area (Å²) in [6.45, 7) is 5.28. The molecule has 44 heavy (non-hydrogen) atoms. The fourth-order valence-corrected chi connectivity index (χ4v) is 5.75. The number of nitrogens with one attached hydrogen (secondary N) is 1. The van der Waals surface area contributed by atoms with Crippen molar-refractivity contribution in [1.82, 2.24) is 20.0 Å². The number of carbonyl (C=O) groups excluding carboxylic acids is 3. The highest BCUT2D eigenvalue weighted by molar-refractivity contribution is 7.09. The van der Waals surface area contributed by atoms with Gasteiger partial charge in [0.1, 0.15) is 12.1 Å². The molecule has 0 aliphatic rings. The van der Waals surface area contributed by atoms with Crippen LogP contribution in [0.4, 0.5) is 0 Å². The molecular weight excluding hydrogens is 570 g/mol. The highest BCUT2D eigenvalue weighted by Crippen LogP contribution is 2.21. The summed E-state index contributed by atoms with van der Waals surface area (Å²) in [6, 6.07) is 16.5. The summed E-state index contributed by atoms with van der Waals surface area (Å²) in [7, 11) is 7.38. The molecule has 1 heterocycles. The lowest BCUT2D eigenvalue weighted by molar-refractivity contribution is -0.146. The molecule has 9 heteroatoms. The van der Waals surface area contributed by atoms with Crippen LogP contribution in [0.25, 0.3) is 10.8 Å². The Balaban J connectivity index is 1.87. The number of likely N-dealkylation sites (N-methyl/N-ethyl adjacent to an activating group) is 2. The molecule has 0 aliphatic heterocycles. The van der Waals surface area contributed by atoms with E-state index in [9.17, 15) is 14.4 Å². The van der Waals surface area contributed by atoms with Crippen LogP contribution in [0.15, 0.2) is 72.1 Å². The highest BCUT2D eigenvalue weighted by atomic mass is 32.1. The minimum absolute atomic E-state index is 0.192. The molecule has 3 amide bonds. The van der Waals surface area contributed by atoms with Gasteiger partial charge < -0.3 is 25.8 Å². The van der Waals surface area contributed by atoms with Crippen molar-refractivity contribution in [3.05, 3.63) is 82.6 Å². The number of carbonyl (C=O) groups is 3. The Morgan fingerprint density at radius 1 is 0.909 bits per heavy atom. The molecule has 0 unspecified atom stereocenters. The van der Waals surface area contributed by atoms with Crippen LogP contribution in [0.1, 0.15) is 43.6 Å². The molecule has 0 fully saturated rings. The van der Waals surface area contributed by atoms with E-state index in [0.29, 0.717) is 25.8 Å². The van der Waals surface area contributed by atoms with E-state index in [1.165, 1.54) is 15.9 Å². The first-order chi connectivity index (χ1) is 20.9. The van der Waals surface area contributed by atoms with Crippen molar-refractivity contribution in [3.8, 4) is 0 Å². The van der Waals surface area contributed by atoms with Gasteiger partial charge in [0.2, 0.25) is 17.7 Å². The fraction of sp³-hybridized carbons (Fsp3) is 0.457. The summed E-state index contributed by atoms with van der Waals surface area (Å²) >= 11 is 1.56. The Bertz CT molecular complexity index is 1400. The van der Waals surface area contributed by atoms with Gasteiger partial charge in [0.05, 0.1) is 0 Å². The molecule has 0 bridgehead atoms. The van der Waals surface area contributed by atoms with Crippen molar-refractivity contribution >= 4 is 39.8 Å². The minimum atomic E-state index is -0.817. The zero-order valence-corrected chi connectivity index (χ0v) is 27.9. The first-order valence-corrected chi connectivity index (χ1v) is 16.1. The second-order valence-corrected chi connectivity index (χ2v) is 13.5. The predicted octanol–water partition coefficient (Wildman–Crippen LogP) is 4.48. The second kappa shape index (κ2) is 16.5. The number of hydrogen-bond donors (Lipinski definition) is 2. The zero-order chi connectivity index (χ0) is 32.3. The number of fused-ring (bicyclic) bond motifs is 1. The number of nitrogens with two attached hydrogens (primary N) is 1. The molecule has 0 saturated carbocycles. The Kier molecular flexibility index (Phi) is 13.1. The van der Waals surface area contributed by atoms with E-state index < -0.39 is 17.6 Å². The molecule has 3 N–H and O–H groups in total. The standard InChI is InChI=1S/C35H49N5O3S/c1-35(2,36)19-11-16-32(41)39(5)31(24-26-17-18-27-13-7-8-14-28(27)23-26)34(43)40(6)30(25-29-15-12-22-44-29)33(42)37-20-9-10-21-38(3)4/h7-8,11-18,22-23,30-31H,9-10,19-21,24-25,36H2,1-6H3,(H,37,42)/b16-11+/t30-,31-/m1/s1. The molecule has 8 nitrogen and oxygen atoms in total. The van der Waals surface area contributed by atoms with Crippen LogP contribution < -0.4 is 11.1 Å². The SMILES string of the molecule is CN(C)CCCCNC(=O)[C@@H](Cc1cccs1)N(C)C(=O)[C@@H](Cc1ccc2ccccc2c1)N(C)C(=O)/C=C/CC(C)(C)N. The van der Waals surface area contributed by atoms with Gasteiger partial charge in [-0.1, -0.05) is 54.6 Å². The van der Waals surface area contributed by atoms with E-state index in [2.05, 4.69) is 16.3 Å². The lowest BCUT2D eigenvalue weighted by Gasteiger charge is -2.34. The van der Waals surface area contributed by atoms with Crippen LogP contribution in [-0.2, 0) is 27.2 Å². The van der Waals surface area contributed by atoms with Crippen molar-refractivity contribution in [2.45, 2.75) is 63.6 Å². The maximum absolute atomic E-state index is 14.3. The number of thiophene rings is 1. The second-order valence-electron chi connectivity index (χ2n) is 12.5. The van der Waals surface area contributed by atoms with Gasteiger partial charge in [-0.05, 0) is 87.6 Å². The molecule has 0 spiro atoms. The van der Waals surface area contributed by atoms with Gasteiger partial charge in [0.25, 0.3) is 0 Å². The van der Waals surface area contributed by atoms with Gasteiger partial charge in [-0.3, -0.25) is 14.4 Å². The zero-order valence-electron chi connectivity index (χ0n) is 27.1. The van der Waals surface area contributed by atoms with Crippen LogP contribution in [0.3, 0.4) is 0 Å². The molecule has 238 valence electrons. The summed E-state index contributed by atoms with van der Waals surface area (Å²) in [4.78, 5) is 47.4. The van der Waals surface area contributed by atoms with Gasteiger partial charge in [-0.2, -0.15) is 0 Å². The number of hydrogen-bond acceptors (Lipinski definition) is 6. The van der Waals surface area contributed by atoms with Crippen LogP contribution in [-0.4, -0.2) is 91.3 Å². The number of unbranched alkanes of at least 4 members (excludes halogenated alkanes) is 1. The predicted molar refractivity (Wildman–Crippen MR) is 182 cm³/mol. The van der Waals surface area contributed by atoms with Crippen molar-refractivity contribution in [1.29, 1.82) is 0 Å². The average molecular weight is 620 g/mol. The van der Waals surface area contributed by atoms with E-state index in [-0.39, 0.29) is 17.7 Å². The van der Waals surface area contributed by atoms with Crippen LogP contribution >= 0.6 is 11.3 Å². The third kappa shape index (κ3) is 10.9. The topological polar surface area (TPSA) is 99.0 Å². The summed E-state index contributed by atoms with van der Waals surface area (Å²) in [5.41, 5.74) is 6.58. The minimum Gasteiger partial charge on any atom is -0.354 e. The monoisotopic (exact) mass is 619 g/mol. The normalized spacial score (nSPS) is 13.3. The Hall–Kier alpha value is -3.53. The third-order valence-corrected chi connectivity index (χ3v) is 8.57. The number of nitrogens with zero attached hydrogens (tertiary/aromatic N) is 3. The van der Waals surface area contributed by atoms with Crippen LogP contribution in [0.5, 0.6) is 0 Å². The Labute approximate surface area is 266 Å². The Morgan fingerprint density at radius 2 is 1.64 bits per heavy atom. The van der Waals surface area contributed by atoms with E-state index in [1.807, 2.05) is 81.9 Å². The van der Waals surface area contributed by atoms with Crippen LogP contribution in [0.2, 0.25) is 0 Å². The molecule has 3 aromatic rings. The maximum atomic E-state index is 14.3. The van der Waals surface area contributed by atoms with E-state index in [0.717, 1.165) is 40.6 Å². The van der Waals surface area contributed by atoms with E-state index in [4.69, 9.17) is 5.73 Å². The average Bonchev–Trinajstić information content (AvgIpc) is 3.50. The van der Waals surface area contributed by atoms with Crippen LogP contribution in [0, 0.1) is 0 Å². The summed E-state index contributed by atoms with van der Waals surface area (Å²) < 4.78 is 0. The quantitative estimate of drug-likeness (QED) is 0.182. The van der Waals surface area contributed by atoms with Crippen molar-refractivity contribution in [3.63, 3.8) is 0 Å². The van der Waals surface area contributed by atoms with Gasteiger partial charge in [0.15, 0.2) is 0 Å². The molecular formula is C35H49N5O3S. The molecule has 3 rings (SSSR count). The van der Waals surface area contributed by atoms with Crippen molar-refractivity contribution < 1.29 is 14.4 Å². The van der Waals surface area contributed by atoms with Gasteiger partial charge >= 0.3 is 0 Å². The molecule has 0 saturated heterocycles. The summed E-state index contributed by atoms with van der Waals surface area (Å²) in [5, 5.41) is 7.19. The largest absolute Gasteiger partial charge is 0.354 e. The number of rotatable bonds is 16. The lowest BCUT2D eigenvalue weighted by atomic mass is 9.99. The van der Waals surface area contributed by atoms with Gasteiger partial charge in [0, 0.05) is 43.9 Å². The number of amides is 3. The summed E-state index contributed by atoms with van der Waals surface area (Å²) in [5.74, 6) is -0.768. The van der Waals surface area contributed by atoms with Gasteiger partial charge in [-0.25, -0.2) is 0 Å². The maximum Gasteiger partial charge on any atom is 0.246 e. The highest BCUT2D eigenvalue weighted by Gasteiger charge is 2.35. The molecule has 0 radical (unpaired) electrons. The smallest absolute Gasteiger partial charge is 0.246 e. The first-order valence-electron chi connectivity index (χ1n) is 15.3. The number of benzene rings is 2. The summed E-state index contributed by atoms with van der Waals surface area (Å²) in [6.07, 6.45) is 6.28. The van der Waals surface area contributed by atoms with E-state index >= 15 is 0 Å². The Morgan fingerprint density at radius 3 is 2.30 bits per heavy atom. The fourth-order valence-electron chi connectivity index (χ4n) is 5.01. The first kappa shape index (κ1) is 35.0. The van der Waals surface area contributed by atoms with E-state index in [1.54, 1.807) is 31.5 Å². The van der Waals surface area contributed by atoms with Crippen molar-refractivity contribution in [2.75, 3.05) is 41.3 Å². The van der Waals surface area contributed by atoms with Crippen molar-refractivity contribution in [2.24, 2.45) is 5.73 Å². The molecule has 0 aliphatic carbocycles. The molecule has 2 atom stereocenters. The third-order valence-electron chi connectivity index (χ3n) is 7.67. The van der Waals surface area contributed by atoms with Gasteiger partial charge in [-0.15, -0.1) is 11.3 Å². The lowest BCUT2D eigenvalue weighted by Crippen LogP contribution is -2.56. The molecule has 1 aromatic heterocycles. The molecule has 2 aromatic carbocycles.